The molecule has 9 heteroatoms. The number of ether oxygens (including phenoxy) is 2. The van der Waals surface area contributed by atoms with Crippen molar-refractivity contribution in [1.29, 1.82) is 0 Å². The second kappa shape index (κ2) is 9.23. The van der Waals surface area contributed by atoms with Crippen LogP contribution in [0.5, 0.6) is 11.5 Å². The molecule has 0 aliphatic carbocycles. The molecule has 0 aliphatic rings. The predicted molar refractivity (Wildman–Crippen MR) is 108 cm³/mol. The van der Waals surface area contributed by atoms with Crippen molar-refractivity contribution in [2.45, 2.75) is 18.6 Å². The number of carbonyl (C=O) groups excluding carboxylic acids is 1. The number of anilines is 1. The molecule has 28 heavy (non-hydrogen) atoms. The number of pyridine rings is 1. The van der Waals surface area contributed by atoms with Crippen LogP contribution in [0.4, 0.5) is 5.69 Å². The summed E-state index contributed by atoms with van der Waals surface area (Å²) < 4.78 is 12.4. The van der Waals surface area contributed by atoms with Crippen molar-refractivity contribution in [3.63, 3.8) is 0 Å². The molecule has 0 unspecified atom stereocenters. The third-order valence-electron chi connectivity index (χ3n) is 3.99. The van der Waals surface area contributed by atoms with Gasteiger partial charge in [0, 0.05) is 30.6 Å². The summed E-state index contributed by atoms with van der Waals surface area (Å²) in [7, 11) is 3.12. The average molecular weight is 399 g/mol. The molecular formula is C19H21N5O3S. The number of aromatic nitrogens is 4. The molecule has 2 aromatic heterocycles. The van der Waals surface area contributed by atoms with Gasteiger partial charge >= 0.3 is 0 Å². The monoisotopic (exact) mass is 399 g/mol. The molecule has 0 radical (unpaired) electrons. The standard InChI is InChI=1S/C19H21N5O3S/c1-4-24-18(13-7-9-20-10-8-13)22-23-19(24)28-12-17(25)21-15-6-5-14(26-2)11-16(15)27-3/h5-11H,4,12H2,1-3H3,(H,21,25). The summed E-state index contributed by atoms with van der Waals surface area (Å²) in [5.41, 5.74) is 1.52. The Morgan fingerprint density at radius 1 is 1.14 bits per heavy atom. The second-order valence-electron chi connectivity index (χ2n) is 5.69. The predicted octanol–water partition coefficient (Wildman–Crippen LogP) is 3.11. The van der Waals surface area contributed by atoms with Crippen molar-refractivity contribution in [2.75, 3.05) is 25.3 Å². The first-order valence-electron chi connectivity index (χ1n) is 8.64. The van der Waals surface area contributed by atoms with E-state index in [2.05, 4.69) is 20.5 Å². The van der Waals surface area contributed by atoms with E-state index < -0.39 is 0 Å². The van der Waals surface area contributed by atoms with Gasteiger partial charge in [-0.15, -0.1) is 10.2 Å². The highest BCUT2D eigenvalue weighted by atomic mass is 32.2. The van der Waals surface area contributed by atoms with Gasteiger partial charge < -0.3 is 19.4 Å². The van der Waals surface area contributed by atoms with Gasteiger partial charge in [0.2, 0.25) is 5.91 Å². The molecule has 2 heterocycles. The zero-order valence-electron chi connectivity index (χ0n) is 15.9. The molecule has 3 aromatic rings. The van der Waals surface area contributed by atoms with Crippen LogP contribution in [0.3, 0.4) is 0 Å². The van der Waals surface area contributed by atoms with Crippen molar-refractivity contribution in [3.8, 4) is 22.9 Å². The minimum absolute atomic E-state index is 0.162. The first kappa shape index (κ1) is 19.7. The van der Waals surface area contributed by atoms with E-state index >= 15 is 0 Å². The topological polar surface area (TPSA) is 91.2 Å². The Kier molecular flexibility index (Phi) is 6.49. The molecule has 1 aromatic carbocycles. The van der Waals surface area contributed by atoms with Crippen LogP contribution in [0.2, 0.25) is 0 Å². The molecule has 0 saturated carbocycles. The van der Waals surface area contributed by atoms with E-state index in [0.29, 0.717) is 28.9 Å². The van der Waals surface area contributed by atoms with Gasteiger partial charge in [-0.05, 0) is 31.2 Å². The van der Waals surface area contributed by atoms with Gasteiger partial charge in [0.25, 0.3) is 0 Å². The quantitative estimate of drug-likeness (QED) is 0.582. The summed E-state index contributed by atoms with van der Waals surface area (Å²) in [5.74, 6) is 1.98. The number of carbonyl (C=O) groups is 1. The van der Waals surface area contributed by atoms with E-state index in [1.165, 1.54) is 11.8 Å². The number of nitrogens with zero attached hydrogens (tertiary/aromatic N) is 4. The molecule has 146 valence electrons. The summed E-state index contributed by atoms with van der Waals surface area (Å²) in [6.45, 7) is 2.71. The third kappa shape index (κ3) is 4.42. The van der Waals surface area contributed by atoms with Crippen LogP contribution >= 0.6 is 11.8 Å². The molecule has 3 rings (SSSR count). The molecular weight excluding hydrogens is 378 g/mol. The fourth-order valence-corrected chi connectivity index (χ4v) is 3.42. The number of rotatable bonds is 8. The molecule has 0 fully saturated rings. The first-order chi connectivity index (χ1) is 13.7. The Labute approximate surface area is 167 Å². The lowest BCUT2D eigenvalue weighted by molar-refractivity contribution is -0.113. The molecule has 1 amide bonds. The normalized spacial score (nSPS) is 10.5. The SMILES string of the molecule is CCn1c(SCC(=O)Nc2ccc(OC)cc2OC)nnc1-c1ccncc1. The van der Waals surface area contributed by atoms with E-state index in [-0.39, 0.29) is 11.7 Å². The van der Waals surface area contributed by atoms with Crippen LogP contribution in [0.25, 0.3) is 11.4 Å². The molecule has 0 saturated heterocycles. The van der Waals surface area contributed by atoms with E-state index in [1.807, 2.05) is 23.6 Å². The minimum Gasteiger partial charge on any atom is -0.497 e. The number of methoxy groups -OCH3 is 2. The largest absolute Gasteiger partial charge is 0.497 e. The first-order valence-corrected chi connectivity index (χ1v) is 9.63. The summed E-state index contributed by atoms with van der Waals surface area (Å²) >= 11 is 1.33. The van der Waals surface area contributed by atoms with Crippen LogP contribution < -0.4 is 14.8 Å². The van der Waals surface area contributed by atoms with Crippen LogP contribution in [0.1, 0.15) is 6.92 Å². The van der Waals surface area contributed by atoms with E-state index in [1.54, 1.807) is 44.8 Å². The smallest absolute Gasteiger partial charge is 0.234 e. The Balaban J connectivity index is 1.68. The maximum absolute atomic E-state index is 12.4. The average Bonchev–Trinajstić information content (AvgIpc) is 3.16. The van der Waals surface area contributed by atoms with Gasteiger partial charge in [0.15, 0.2) is 11.0 Å². The molecule has 8 nitrogen and oxygen atoms in total. The molecule has 0 spiro atoms. The minimum atomic E-state index is -0.162. The number of thioether (sulfide) groups is 1. The number of amides is 1. The lowest BCUT2D eigenvalue weighted by Gasteiger charge is -2.11. The summed E-state index contributed by atoms with van der Waals surface area (Å²) in [6.07, 6.45) is 3.43. The van der Waals surface area contributed by atoms with Crippen LogP contribution in [0.15, 0.2) is 47.9 Å². The highest BCUT2D eigenvalue weighted by molar-refractivity contribution is 7.99. The lowest BCUT2D eigenvalue weighted by atomic mass is 10.2. The Morgan fingerprint density at radius 3 is 2.61 bits per heavy atom. The van der Waals surface area contributed by atoms with Crippen molar-refractivity contribution in [3.05, 3.63) is 42.7 Å². The van der Waals surface area contributed by atoms with Crippen molar-refractivity contribution in [1.82, 2.24) is 19.7 Å². The fourth-order valence-electron chi connectivity index (χ4n) is 2.61. The highest BCUT2D eigenvalue weighted by Gasteiger charge is 2.15. The van der Waals surface area contributed by atoms with Crippen LogP contribution in [-0.2, 0) is 11.3 Å². The number of nitrogens with one attached hydrogen (secondary N) is 1. The third-order valence-corrected chi connectivity index (χ3v) is 4.95. The summed E-state index contributed by atoms with van der Waals surface area (Å²) in [6, 6.07) is 8.99. The van der Waals surface area contributed by atoms with Gasteiger partial charge in [0.1, 0.15) is 11.5 Å². The summed E-state index contributed by atoms with van der Waals surface area (Å²) in [5, 5.41) is 12.0. The lowest BCUT2D eigenvalue weighted by Crippen LogP contribution is -2.15. The van der Waals surface area contributed by atoms with Gasteiger partial charge in [-0.3, -0.25) is 9.78 Å². The molecule has 0 bridgehead atoms. The maximum atomic E-state index is 12.4. The van der Waals surface area contributed by atoms with Gasteiger partial charge in [-0.1, -0.05) is 11.8 Å². The second-order valence-corrected chi connectivity index (χ2v) is 6.63. The molecule has 0 atom stereocenters. The Morgan fingerprint density at radius 2 is 1.93 bits per heavy atom. The Hall–Kier alpha value is -3.07. The number of benzene rings is 1. The van der Waals surface area contributed by atoms with E-state index in [0.717, 1.165) is 11.4 Å². The number of hydrogen-bond acceptors (Lipinski definition) is 7. The van der Waals surface area contributed by atoms with Gasteiger partial charge in [-0.2, -0.15) is 0 Å². The van der Waals surface area contributed by atoms with Crippen molar-refractivity contribution >= 4 is 23.4 Å². The van der Waals surface area contributed by atoms with Crippen molar-refractivity contribution in [2.24, 2.45) is 0 Å². The van der Waals surface area contributed by atoms with Crippen molar-refractivity contribution < 1.29 is 14.3 Å². The zero-order valence-corrected chi connectivity index (χ0v) is 16.7. The molecule has 0 aliphatic heterocycles. The maximum Gasteiger partial charge on any atom is 0.234 e. The number of hydrogen-bond donors (Lipinski definition) is 1. The zero-order chi connectivity index (χ0) is 19.9. The van der Waals surface area contributed by atoms with Crippen LogP contribution in [-0.4, -0.2) is 45.6 Å². The Bertz CT molecular complexity index is 946. The van der Waals surface area contributed by atoms with E-state index in [4.69, 9.17) is 9.47 Å². The molecule has 1 N–H and O–H groups in total. The summed E-state index contributed by atoms with van der Waals surface area (Å²) in [4.78, 5) is 16.4. The van der Waals surface area contributed by atoms with Gasteiger partial charge in [-0.25, -0.2) is 0 Å². The highest BCUT2D eigenvalue weighted by Crippen LogP contribution is 2.29. The van der Waals surface area contributed by atoms with Crippen LogP contribution in [0, 0.1) is 0 Å². The fraction of sp³-hybridized carbons (Fsp3) is 0.263. The van der Waals surface area contributed by atoms with Gasteiger partial charge in [0.05, 0.1) is 25.7 Å². The van der Waals surface area contributed by atoms with E-state index in [9.17, 15) is 4.79 Å².